The Bertz CT molecular complexity index is 531. The van der Waals surface area contributed by atoms with Crippen LogP contribution in [0.1, 0.15) is 55.1 Å². The summed E-state index contributed by atoms with van der Waals surface area (Å²) in [6, 6.07) is 0.428. The van der Waals surface area contributed by atoms with Gasteiger partial charge in [0.25, 0.3) is 0 Å². The van der Waals surface area contributed by atoms with Crippen LogP contribution in [0.3, 0.4) is 0 Å². The fraction of sp³-hybridized carbons (Fsp3) is 0.769. The van der Waals surface area contributed by atoms with Gasteiger partial charge in [0.1, 0.15) is 10.8 Å². The summed E-state index contributed by atoms with van der Waals surface area (Å²) in [4.78, 5) is 5.80. The van der Waals surface area contributed by atoms with E-state index in [1.807, 2.05) is 0 Å². The van der Waals surface area contributed by atoms with Gasteiger partial charge in [0.05, 0.1) is 5.69 Å². The molecule has 0 aromatic carbocycles. The summed E-state index contributed by atoms with van der Waals surface area (Å²) in [5.74, 6) is 0.846. The molecule has 0 spiro atoms. The largest absolute Gasteiger partial charge is 0.310 e. The van der Waals surface area contributed by atoms with Gasteiger partial charge >= 0.3 is 0 Å². The number of hydrogen-bond donors (Lipinski definition) is 1. The lowest BCUT2D eigenvalue weighted by atomic mass is 10.2. The number of nitrogens with one attached hydrogen (secondary N) is 1. The van der Waals surface area contributed by atoms with E-state index in [-0.39, 0.29) is 11.5 Å². The van der Waals surface area contributed by atoms with Crippen molar-refractivity contribution in [1.82, 2.24) is 10.3 Å². The molecule has 1 fully saturated rings. The van der Waals surface area contributed by atoms with Crippen LogP contribution in [0, 0.1) is 0 Å². The van der Waals surface area contributed by atoms with E-state index in [2.05, 4.69) is 24.1 Å². The van der Waals surface area contributed by atoms with Crippen LogP contribution in [0.15, 0.2) is 0 Å². The van der Waals surface area contributed by atoms with E-state index in [9.17, 15) is 8.42 Å². The highest BCUT2D eigenvalue weighted by Gasteiger charge is 2.30. The second-order valence-electron chi connectivity index (χ2n) is 5.40. The first-order valence-electron chi connectivity index (χ1n) is 6.83. The van der Waals surface area contributed by atoms with Crippen molar-refractivity contribution in [3.05, 3.63) is 15.6 Å². The van der Waals surface area contributed by atoms with Crippen molar-refractivity contribution >= 4 is 21.2 Å². The molecule has 0 amide bonds. The number of sulfone groups is 1. The molecule has 2 rings (SSSR count). The summed E-state index contributed by atoms with van der Waals surface area (Å²) >= 11 is 1.56. The molecule has 0 radical (unpaired) electrons. The highest BCUT2D eigenvalue weighted by molar-refractivity contribution is 7.90. The number of nitrogens with zero attached hydrogens (tertiary/aromatic N) is 1. The van der Waals surface area contributed by atoms with Gasteiger partial charge < -0.3 is 5.32 Å². The SMILES string of the molecule is CCS(=O)(=O)Cc1nc(C2CC2)c(CNC(C)C)s1. The molecule has 1 heterocycles. The van der Waals surface area contributed by atoms with Gasteiger partial charge in [-0.25, -0.2) is 13.4 Å². The maximum absolute atomic E-state index is 11.7. The molecule has 0 aliphatic heterocycles. The lowest BCUT2D eigenvalue weighted by Gasteiger charge is -2.07. The zero-order valence-electron chi connectivity index (χ0n) is 11.8. The molecule has 0 bridgehead atoms. The molecular formula is C13H22N2O2S2. The highest BCUT2D eigenvalue weighted by Crippen LogP contribution is 2.42. The maximum atomic E-state index is 11.7. The Morgan fingerprint density at radius 1 is 1.42 bits per heavy atom. The van der Waals surface area contributed by atoms with Crippen LogP contribution in [-0.2, 0) is 22.1 Å². The lowest BCUT2D eigenvalue weighted by molar-refractivity contribution is 0.590. The first kappa shape index (κ1) is 14.9. The number of thiazole rings is 1. The number of hydrogen-bond acceptors (Lipinski definition) is 5. The molecule has 1 aromatic rings. The molecule has 1 aliphatic carbocycles. The molecule has 4 nitrogen and oxygen atoms in total. The number of aromatic nitrogens is 1. The molecule has 0 unspecified atom stereocenters. The van der Waals surface area contributed by atoms with Crippen molar-refractivity contribution in [3.63, 3.8) is 0 Å². The van der Waals surface area contributed by atoms with Gasteiger partial charge in [-0.05, 0) is 12.8 Å². The van der Waals surface area contributed by atoms with Crippen molar-refractivity contribution in [2.24, 2.45) is 0 Å². The Labute approximate surface area is 119 Å². The summed E-state index contributed by atoms with van der Waals surface area (Å²) in [5, 5.41) is 4.15. The van der Waals surface area contributed by atoms with Crippen molar-refractivity contribution < 1.29 is 8.42 Å². The summed E-state index contributed by atoms with van der Waals surface area (Å²) < 4.78 is 23.4. The standard InChI is InChI=1S/C13H22N2O2S2/c1-4-19(16,17)8-12-15-13(10-5-6-10)11(18-12)7-14-9(2)3/h9-10,14H,4-8H2,1-3H3. The Hall–Kier alpha value is -0.460. The van der Waals surface area contributed by atoms with Crippen molar-refractivity contribution in [1.29, 1.82) is 0 Å². The van der Waals surface area contributed by atoms with Gasteiger partial charge in [0.2, 0.25) is 0 Å². The van der Waals surface area contributed by atoms with Gasteiger partial charge in [0, 0.05) is 29.1 Å². The quantitative estimate of drug-likeness (QED) is 0.840. The normalized spacial score (nSPS) is 16.2. The van der Waals surface area contributed by atoms with Gasteiger partial charge in [-0.3, -0.25) is 0 Å². The van der Waals surface area contributed by atoms with Crippen molar-refractivity contribution in [3.8, 4) is 0 Å². The molecule has 1 aromatic heterocycles. The van der Waals surface area contributed by atoms with E-state index in [0.717, 1.165) is 17.2 Å². The van der Waals surface area contributed by atoms with Gasteiger partial charge in [0.15, 0.2) is 9.84 Å². The summed E-state index contributed by atoms with van der Waals surface area (Å²) in [7, 11) is -2.99. The van der Waals surface area contributed by atoms with E-state index in [1.54, 1.807) is 18.3 Å². The van der Waals surface area contributed by atoms with Crippen LogP contribution in [0.5, 0.6) is 0 Å². The van der Waals surface area contributed by atoms with Crippen LogP contribution in [-0.4, -0.2) is 25.2 Å². The average Bonchev–Trinajstić information content (AvgIpc) is 3.09. The lowest BCUT2D eigenvalue weighted by Crippen LogP contribution is -2.21. The minimum Gasteiger partial charge on any atom is -0.310 e. The van der Waals surface area contributed by atoms with E-state index < -0.39 is 9.84 Å². The Morgan fingerprint density at radius 3 is 2.63 bits per heavy atom. The Morgan fingerprint density at radius 2 is 2.11 bits per heavy atom. The second kappa shape index (κ2) is 5.89. The maximum Gasteiger partial charge on any atom is 0.156 e. The number of rotatable bonds is 7. The first-order valence-corrected chi connectivity index (χ1v) is 9.47. The summed E-state index contributed by atoms with van der Waals surface area (Å²) in [5.41, 5.74) is 1.14. The molecule has 19 heavy (non-hydrogen) atoms. The van der Waals surface area contributed by atoms with Crippen LogP contribution >= 0.6 is 11.3 Å². The monoisotopic (exact) mass is 302 g/mol. The summed E-state index contributed by atoms with van der Waals surface area (Å²) in [6.45, 7) is 6.71. The zero-order valence-corrected chi connectivity index (χ0v) is 13.4. The molecule has 6 heteroatoms. The minimum absolute atomic E-state index is 0.0928. The third kappa shape index (κ3) is 4.26. The van der Waals surface area contributed by atoms with E-state index in [4.69, 9.17) is 0 Å². The van der Waals surface area contributed by atoms with E-state index in [0.29, 0.717) is 12.0 Å². The van der Waals surface area contributed by atoms with Gasteiger partial charge in [-0.15, -0.1) is 11.3 Å². The van der Waals surface area contributed by atoms with Gasteiger partial charge in [-0.2, -0.15) is 0 Å². The molecule has 0 saturated heterocycles. The zero-order chi connectivity index (χ0) is 14.0. The molecule has 0 atom stereocenters. The van der Waals surface area contributed by atoms with E-state index in [1.165, 1.54) is 17.7 Å². The molecule has 1 aliphatic rings. The van der Waals surface area contributed by atoms with Crippen LogP contribution < -0.4 is 5.32 Å². The van der Waals surface area contributed by atoms with Crippen molar-refractivity contribution in [2.75, 3.05) is 5.75 Å². The average molecular weight is 302 g/mol. The second-order valence-corrected chi connectivity index (χ2v) is 8.92. The Kier molecular flexibility index (Phi) is 4.63. The third-order valence-corrected chi connectivity index (χ3v) is 6.04. The molecule has 1 N–H and O–H groups in total. The van der Waals surface area contributed by atoms with Crippen LogP contribution in [0.25, 0.3) is 0 Å². The molecular weight excluding hydrogens is 280 g/mol. The fourth-order valence-electron chi connectivity index (χ4n) is 1.87. The summed E-state index contributed by atoms with van der Waals surface area (Å²) in [6.07, 6.45) is 2.39. The van der Waals surface area contributed by atoms with E-state index >= 15 is 0 Å². The topological polar surface area (TPSA) is 59.1 Å². The fourth-order valence-corrected chi connectivity index (χ4v) is 4.19. The van der Waals surface area contributed by atoms with Crippen LogP contribution in [0.2, 0.25) is 0 Å². The minimum atomic E-state index is -2.99. The highest BCUT2D eigenvalue weighted by atomic mass is 32.2. The van der Waals surface area contributed by atoms with Crippen molar-refractivity contribution in [2.45, 2.75) is 57.9 Å². The Balaban J connectivity index is 2.15. The smallest absolute Gasteiger partial charge is 0.156 e. The molecule has 1 saturated carbocycles. The molecule has 108 valence electrons. The first-order chi connectivity index (χ1) is 8.91. The predicted molar refractivity (Wildman–Crippen MR) is 79.2 cm³/mol. The van der Waals surface area contributed by atoms with Crippen LogP contribution in [0.4, 0.5) is 0 Å². The van der Waals surface area contributed by atoms with Gasteiger partial charge in [-0.1, -0.05) is 20.8 Å². The third-order valence-electron chi connectivity index (χ3n) is 3.19. The predicted octanol–water partition coefficient (Wildman–Crippen LogP) is 2.45.